The van der Waals surface area contributed by atoms with Gasteiger partial charge in [-0.05, 0) is 23.8 Å². The number of rotatable bonds is 4. The average molecular weight is 396 g/mol. The maximum Gasteiger partial charge on any atom is 0.250 e. The summed E-state index contributed by atoms with van der Waals surface area (Å²) in [6.45, 7) is 6.16. The van der Waals surface area contributed by atoms with E-state index in [0.29, 0.717) is 42.5 Å². The summed E-state index contributed by atoms with van der Waals surface area (Å²) in [5, 5.41) is 1.94. The Hall–Kier alpha value is -2.90. The number of hydrogen-bond donors (Lipinski definition) is 0. The van der Waals surface area contributed by atoms with Gasteiger partial charge in [0.15, 0.2) is 11.5 Å². The molecule has 2 aromatic heterocycles. The molecule has 0 saturated carbocycles. The van der Waals surface area contributed by atoms with Crippen LogP contribution in [0.1, 0.15) is 0 Å². The molecule has 0 bridgehead atoms. The van der Waals surface area contributed by atoms with Crippen molar-refractivity contribution < 1.29 is 13.9 Å². The lowest BCUT2D eigenvalue weighted by atomic mass is 10.1. The number of anilines is 2. The molecule has 144 valence electrons. The molecular weight excluding hydrogens is 376 g/mol. The van der Waals surface area contributed by atoms with E-state index < -0.39 is 0 Å². The predicted molar refractivity (Wildman–Crippen MR) is 112 cm³/mol. The summed E-state index contributed by atoms with van der Waals surface area (Å²) >= 11 is 1.38. The highest BCUT2D eigenvalue weighted by Gasteiger charge is 2.18. The molecule has 1 fully saturated rings. The van der Waals surface area contributed by atoms with E-state index in [1.54, 1.807) is 13.1 Å². The van der Waals surface area contributed by atoms with Crippen molar-refractivity contribution in [1.82, 2.24) is 0 Å². The van der Waals surface area contributed by atoms with E-state index in [-0.39, 0.29) is 11.3 Å². The first-order valence-electron chi connectivity index (χ1n) is 8.97. The number of amides is 1. The molecule has 4 rings (SSSR count). The minimum Gasteiger partial charge on any atom is -0.439 e. The van der Waals surface area contributed by atoms with Crippen LogP contribution in [0.15, 0.2) is 57.6 Å². The maximum atomic E-state index is 12.6. The highest BCUT2D eigenvalue weighted by Crippen LogP contribution is 2.35. The van der Waals surface area contributed by atoms with Crippen LogP contribution in [0.2, 0.25) is 0 Å². The van der Waals surface area contributed by atoms with Gasteiger partial charge in [0.05, 0.1) is 13.2 Å². The van der Waals surface area contributed by atoms with Crippen molar-refractivity contribution in [2.45, 2.75) is 0 Å². The Balaban J connectivity index is 1.72. The Morgan fingerprint density at radius 3 is 2.64 bits per heavy atom. The fraction of sp³-hybridized carbons (Fsp3) is 0.238. The molecule has 1 aliphatic heterocycles. The molecule has 0 spiro atoms. The number of benzene rings is 1. The SMILES string of the molecule is C=CC(=O)N(C)c1ccc(-c2csc3c(=O)cc(N4CCOCC4)oc23)cc1. The van der Waals surface area contributed by atoms with Crippen LogP contribution in [0.5, 0.6) is 0 Å². The molecule has 1 aromatic carbocycles. The number of fused-ring (bicyclic) bond motifs is 1. The maximum absolute atomic E-state index is 12.6. The number of ether oxygens (including phenoxy) is 1. The summed E-state index contributed by atoms with van der Waals surface area (Å²) in [6, 6.07) is 9.14. The van der Waals surface area contributed by atoms with E-state index in [9.17, 15) is 9.59 Å². The topological polar surface area (TPSA) is 63.0 Å². The summed E-state index contributed by atoms with van der Waals surface area (Å²) in [5.41, 5.74) is 3.13. The first kappa shape index (κ1) is 18.5. The smallest absolute Gasteiger partial charge is 0.250 e. The minimum atomic E-state index is -0.171. The van der Waals surface area contributed by atoms with Gasteiger partial charge in [-0.1, -0.05) is 18.7 Å². The number of thiophene rings is 1. The summed E-state index contributed by atoms with van der Waals surface area (Å²) in [7, 11) is 1.70. The van der Waals surface area contributed by atoms with E-state index >= 15 is 0 Å². The highest BCUT2D eigenvalue weighted by molar-refractivity contribution is 7.17. The lowest BCUT2D eigenvalue weighted by Gasteiger charge is -2.27. The Bertz CT molecular complexity index is 1080. The fourth-order valence-electron chi connectivity index (χ4n) is 3.20. The van der Waals surface area contributed by atoms with Crippen LogP contribution < -0.4 is 15.2 Å². The van der Waals surface area contributed by atoms with Crippen molar-refractivity contribution in [3.8, 4) is 11.1 Å². The second-order valence-corrected chi connectivity index (χ2v) is 7.38. The van der Waals surface area contributed by atoms with Gasteiger partial charge < -0.3 is 19.0 Å². The molecule has 0 unspecified atom stereocenters. The predicted octanol–water partition coefficient (Wildman–Crippen LogP) is 3.51. The summed E-state index contributed by atoms with van der Waals surface area (Å²) < 4.78 is 12.1. The van der Waals surface area contributed by atoms with Gasteiger partial charge in [-0.15, -0.1) is 11.3 Å². The highest BCUT2D eigenvalue weighted by atomic mass is 32.1. The Labute approximate surface area is 166 Å². The van der Waals surface area contributed by atoms with E-state index in [0.717, 1.165) is 16.8 Å². The van der Waals surface area contributed by atoms with Gasteiger partial charge in [-0.2, -0.15) is 0 Å². The Morgan fingerprint density at radius 1 is 1.25 bits per heavy atom. The minimum absolute atomic E-state index is 0.0353. The molecule has 1 saturated heterocycles. The lowest BCUT2D eigenvalue weighted by molar-refractivity contribution is -0.113. The average Bonchev–Trinajstić information content (AvgIpc) is 3.18. The molecule has 0 N–H and O–H groups in total. The van der Waals surface area contributed by atoms with Crippen LogP contribution in [0.3, 0.4) is 0 Å². The van der Waals surface area contributed by atoms with E-state index in [2.05, 4.69) is 6.58 Å². The fourth-order valence-corrected chi connectivity index (χ4v) is 4.11. The molecule has 0 radical (unpaired) electrons. The van der Waals surface area contributed by atoms with Crippen molar-refractivity contribution in [3.05, 3.63) is 58.6 Å². The summed E-state index contributed by atoms with van der Waals surface area (Å²) in [5.74, 6) is 0.406. The van der Waals surface area contributed by atoms with E-state index in [1.165, 1.54) is 22.3 Å². The molecule has 3 aromatic rings. The van der Waals surface area contributed by atoms with Crippen LogP contribution in [-0.4, -0.2) is 39.3 Å². The zero-order valence-corrected chi connectivity index (χ0v) is 16.3. The van der Waals surface area contributed by atoms with Gasteiger partial charge in [0.2, 0.25) is 11.3 Å². The van der Waals surface area contributed by atoms with Crippen molar-refractivity contribution in [3.63, 3.8) is 0 Å². The van der Waals surface area contributed by atoms with Gasteiger partial charge in [0, 0.05) is 42.8 Å². The van der Waals surface area contributed by atoms with Gasteiger partial charge in [-0.3, -0.25) is 9.59 Å². The van der Waals surface area contributed by atoms with Gasteiger partial charge in [0.1, 0.15) is 4.70 Å². The molecular formula is C21H20N2O4S. The van der Waals surface area contributed by atoms with Crippen molar-refractivity contribution >= 4 is 39.1 Å². The van der Waals surface area contributed by atoms with Crippen LogP contribution in [0, 0.1) is 0 Å². The van der Waals surface area contributed by atoms with E-state index in [1.807, 2.05) is 34.5 Å². The molecule has 0 atom stereocenters. The van der Waals surface area contributed by atoms with Crippen LogP contribution in [0.25, 0.3) is 21.4 Å². The number of likely N-dealkylation sites (N-methyl/N-ethyl adjacent to an activating group) is 1. The van der Waals surface area contributed by atoms with Crippen LogP contribution >= 0.6 is 11.3 Å². The Kier molecular flexibility index (Phi) is 5.02. The molecule has 6 nitrogen and oxygen atoms in total. The molecule has 28 heavy (non-hydrogen) atoms. The molecule has 0 aliphatic carbocycles. The summed E-state index contributed by atoms with van der Waals surface area (Å²) in [4.78, 5) is 27.9. The zero-order chi connectivity index (χ0) is 19.7. The number of hydrogen-bond acceptors (Lipinski definition) is 6. The standard InChI is InChI=1S/C21H20N2O4S/c1-3-18(25)22(2)15-6-4-14(5-7-15)16-13-28-21-17(24)12-19(27-20(16)21)23-8-10-26-11-9-23/h3-7,12-13H,1,8-11H2,2H3. The van der Waals surface area contributed by atoms with Gasteiger partial charge in [0.25, 0.3) is 0 Å². The molecule has 7 heteroatoms. The first-order chi connectivity index (χ1) is 13.6. The molecule has 1 aliphatic rings. The lowest BCUT2D eigenvalue weighted by Crippen LogP contribution is -2.36. The molecule has 3 heterocycles. The van der Waals surface area contributed by atoms with E-state index in [4.69, 9.17) is 9.15 Å². The van der Waals surface area contributed by atoms with Gasteiger partial charge >= 0.3 is 0 Å². The number of nitrogens with zero attached hydrogens (tertiary/aromatic N) is 2. The zero-order valence-electron chi connectivity index (χ0n) is 15.5. The van der Waals surface area contributed by atoms with Crippen molar-refractivity contribution in [2.24, 2.45) is 0 Å². The quantitative estimate of drug-likeness (QED) is 0.632. The third kappa shape index (κ3) is 3.34. The monoisotopic (exact) mass is 396 g/mol. The van der Waals surface area contributed by atoms with Gasteiger partial charge in [-0.25, -0.2) is 0 Å². The van der Waals surface area contributed by atoms with Crippen molar-refractivity contribution in [1.29, 1.82) is 0 Å². The largest absolute Gasteiger partial charge is 0.439 e. The second kappa shape index (κ2) is 7.61. The number of carbonyl (C=O) groups is 1. The molecule has 1 amide bonds. The number of morpholine rings is 1. The normalized spacial score (nSPS) is 14.2. The van der Waals surface area contributed by atoms with Crippen LogP contribution in [-0.2, 0) is 9.53 Å². The third-order valence-electron chi connectivity index (χ3n) is 4.82. The first-order valence-corrected chi connectivity index (χ1v) is 9.85. The summed E-state index contributed by atoms with van der Waals surface area (Å²) in [6.07, 6.45) is 1.28. The second-order valence-electron chi connectivity index (χ2n) is 6.50. The van der Waals surface area contributed by atoms with Crippen molar-refractivity contribution in [2.75, 3.05) is 43.2 Å². The van der Waals surface area contributed by atoms with Crippen LogP contribution in [0.4, 0.5) is 11.6 Å². The number of carbonyl (C=O) groups excluding carboxylic acids is 1. The third-order valence-corrected chi connectivity index (χ3v) is 5.80. The Morgan fingerprint density at radius 2 is 1.96 bits per heavy atom.